The molecule has 124 valence electrons. The van der Waals surface area contributed by atoms with Gasteiger partial charge in [-0.05, 0) is 49.9 Å². The van der Waals surface area contributed by atoms with Gasteiger partial charge in [-0.25, -0.2) is 0 Å². The van der Waals surface area contributed by atoms with E-state index in [9.17, 15) is 4.79 Å². The lowest BCUT2D eigenvalue weighted by Gasteiger charge is -2.22. The Bertz CT molecular complexity index is 460. The molecule has 4 nitrogen and oxygen atoms in total. The van der Waals surface area contributed by atoms with Gasteiger partial charge in [0.25, 0.3) is 0 Å². The number of piperidine rings is 1. The number of anilines is 1. The molecule has 0 bridgehead atoms. The van der Waals surface area contributed by atoms with Crippen molar-refractivity contribution in [3.05, 3.63) is 24.3 Å². The minimum atomic E-state index is 0. The fourth-order valence-electron chi connectivity index (χ4n) is 2.50. The Labute approximate surface area is 139 Å². The quantitative estimate of drug-likeness (QED) is 0.841. The van der Waals surface area contributed by atoms with Gasteiger partial charge >= 0.3 is 0 Å². The van der Waals surface area contributed by atoms with Crippen LogP contribution >= 0.6 is 12.4 Å². The molecule has 1 aliphatic rings. The molecule has 1 heterocycles. The summed E-state index contributed by atoms with van der Waals surface area (Å²) in [5.74, 6) is 1.80. The van der Waals surface area contributed by atoms with Crippen LogP contribution in [0, 0.1) is 11.8 Å². The predicted molar refractivity (Wildman–Crippen MR) is 92.9 cm³/mol. The van der Waals surface area contributed by atoms with Crippen LogP contribution < -0.4 is 15.4 Å². The molecule has 0 aliphatic carbocycles. The van der Waals surface area contributed by atoms with Crippen molar-refractivity contribution in [1.29, 1.82) is 0 Å². The number of halogens is 1. The lowest BCUT2D eigenvalue weighted by atomic mass is 9.94. The highest BCUT2D eigenvalue weighted by Gasteiger charge is 2.17. The van der Waals surface area contributed by atoms with Crippen LogP contribution in [0.1, 0.15) is 33.1 Å². The molecule has 5 heteroatoms. The average molecular weight is 327 g/mol. The molecular formula is C17H27ClN2O2. The van der Waals surface area contributed by atoms with Crippen molar-refractivity contribution in [1.82, 2.24) is 5.32 Å². The monoisotopic (exact) mass is 326 g/mol. The van der Waals surface area contributed by atoms with Crippen molar-refractivity contribution >= 4 is 24.0 Å². The fourth-order valence-corrected chi connectivity index (χ4v) is 2.50. The van der Waals surface area contributed by atoms with E-state index in [2.05, 4.69) is 24.5 Å². The zero-order valence-electron chi connectivity index (χ0n) is 13.4. The molecule has 1 aromatic rings. The summed E-state index contributed by atoms with van der Waals surface area (Å²) in [6.07, 6.45) is 2.76. The van der Waals surface area contributed by atoms with Gasteiger partial charge in [-0.1, -0.05) is 26.0 Å². The summed E-state index contributed by atoms with van der Waals surface area (Å²) < 4.78 is 5.76. The number of carbonyl (C=O) groups excluding carboxylic acids is 1. The zero-order chi connectivity index (χ0) is 15.1. The van der Waals surface area contributed by atoms with Gasteiger partial charge in [0.15, 0.2) is 0 Å². The molecule has 1 aromatic carbocycles. The predicted octanol–water partition coefficient (Wildman–Crippen LogP) is 3.47. The van der Waals surface area contributed by atoms with E-state index in [-0.39, 0.29) is 18.3 Å². The van der Waals surface area contributed by atoms with E-state index < -0.39 is 0 Å². The summed E-state index contributed by atoms with van der Waals surface area (Å²) in [5.41, 5.74) is 0.775. The molecule has 0 aromatic heterocycles. The van der Waals surface area contributed by atoms with Crippen LogP contribution in [0.4, 0.5) is 5.69 Å². The molecule has 1 amide bonds. The number of nitrogens with one attached hydrogen (secondary N) is 2. The third-order valence-electron chi connectivity index (χ3n) is 3.67. The Morgan fingerprint density at radius 3 is 2.68 bits per heavy atom. The van der Waals surface area contributed by atoms with Gasteiger partial charge in [-0.3, -0.25) is 4.79 Å². The molecule has 0 atom stereocenters. The van der Waals surface area contributed by atoms with Crippen molar-refractivity contribution in [2.45, 2.75) is 33.1 Å². The number of para-hydroxylation sites is 2. The Morgan fingerprint density at radius 2 is 2.00 bits per heavy atom. The molecule has 1 saturated heterocycles. The maximum Gasteiger partial charge on any atom is 0.224 e. The lowest BCUT2D eigenvalue weighted by Crippen LogP contribution is -2.30. The highest BCUT2D eigenvalue weighted by atomic mass is 35.5. The van der Waals surface area contributed by atoms with Gasteiger partial charge in [-0.15, -0.1) is 12.4 Å². The number of ether oxygens (including phenoxy) is 1. The first-order valence-electron chi connectivity index (χ1n) is 7.87. The number of hydrogen-bond donors (Lipinski definition) is 2. The summed E-state index contributed by atoms with van der Waals surface area (Å²) in [4.78, 5) is 12.2. The smallest absolute Gasteiger partial charge is 0.224 e. The normalized spacial score (nSPS) is 15.2. The second-order valence-corrected chi connectivity index (χ2v) is 6.15. The first-order chi connectivity index (χ1) is 10.1. The van der Waals surface area contributed by atoms with E-state index in [1.54, 1.807) is 0 Å². The Balaban J connectivity index is 0.00000242. The van der Waals surface area contributed by atoms with Crippen molar-refractivity contribution in [2.75, 3.05) is 25.0 Å². The number of benzene rings is 1. The summed E-state index contributed by atoms with van der Waals surface area (Å²) in [5, 5.41) is 6.32. The van der Waals surface area contributed by atoms with Gasteiger partial charge in [0, 0.05) is 6.42 Å². The van der Waals surface area contributed by atoms with E-state index >= 15 is 0 Å². The molecule has 0 unspecified atom stereocenters. The molecular weight excluding hydrogens is 300 g/mol. The first kappa shape index (κ1) is 18.8. The molecule has 1 aliphatic heterocycles. The minimum Gasteiger partial charge on any atom is -0.491 e. The van der Waals surface area contributed by atoms with Crippen LogP contribution in [0.5, 0.6) is 5.75 Å². The third-order valence-corrected chi connectivity index (χ3v) is 3.67. The molecule has 0 saturated carbocycles. The summed E-state index contributed by atoms with van der Waals surface area (Å²) >= 11 is 0. The van der Waals surface area contributed by atoms with Gasteiger partial charge in [0.2, 0.25) is 5.91 Å². The van der Waals surface area contributed by atoms with Crippen LogP contribution in [0.25, 0.3) is 0 Å². The second kappa shape index (κ2) is 9.70. The highest BCUT2D eigenvalue weighted by molar-refractivity contribution is 5.92. The van der Waals surface area contributed by atoms with Gasteiger partial charge in [0.1, 0.15) is 5.75 Å². The third kappa shape index (κ3) is 6.24. The summed E-state index contributed by atoms with van der Waals surface area (Å²) in [7, 11) is 0. The SMILES string of the molecule is CC(C)COc1ccccc1NC(=O)CC1CCNCC1.Cl. The van der Waals surface area contributed by atoms with Crippen LogP contribution in [0.3, 0.4) is 0 Å². The van der Waals surface area contributed by atoms with E-state index in [0.717, 1.165) is 37.4 Å². The molecule has 2 rings (SSSR count). The van der Waals surface area contributed by atoms with Gasteiger partial charge in [0.05, 0.1) is 12.3 Å². The topological polar surface area (TPSA) is 50.4 Å². The average Bonchev–Trinajstić information content (AvgIpc) is 2.47. The van der Waals surface area contributed by atoms with Crippen molar-refractivity contribution in [3.63, 3.8) is 0 Å². The Morgan fingerprint density at radius 1 is 1.32 bits per heavy atom. The first-order valence-corrected chi connectivity index (χ1v) is 7.87. The van der Waals surface area contributed by atoms with E-state index in [0.29, 0.717) is 24.9 Å². The Kier molecular flexibility index (Phi) is 8.28. The fraction of sp³-hybridized carbons (Fsp3) is 0.588. The van der Waals surface area contributed by atoms with Crippen molar-refractivity contribution in [3.8, 4) is 5.75 Å². The molecule has 0 radical (unpaired) electrons. The van der Waals surface area contributed by atoms with Crippen molar-refractivity contribution in [2.24, 2.45) is 11.8 Å². The summed E-state index contributed by atoms with van der Waals surface area (Å²) in [6, 6.07) is 7.65. The molecule has 22 heavy (non-hydrogen) atoms. The van der Waals surface area contributed by atoms with Crippen LogP contribution in [0.2, 0.25) is 0 Å². The van der Waals surface area contributed by atoms with E-state index in [4.69, 9.17) is 4.74 Å². The zero-order valence-corrected chi connectivity index (χ0v) is 14.2. The molecule has 2 N–H and O–H groups in total. The highest BCUT2D eigenvalue weighted by Crippen LogP contribution is 2.25. The lowest BCUT2D eigenvalue weighted by molar-refractivity contribution is -0.117. The molecule has 1 fully saturated rings. The van der Waals surface area contributed by atoms with Crippen molar-refractivity contribution < 1.29 is 9.53 Å². The molecule has 0 spiro atoms. The van der Waals surface area contributed by atoms with Crippen LogP contribution in [0.15, 0.2) is 24.3 Å². The van der Waals surface area contributed by atoms with Crippen LogP contribution in [-0.4, -0.2) is 25.6 Å². The maximum atomic E-state index is 12.2. The standard InChI is InChI=1S/C17H26N2O2.ClH/c1-13(2)12-21-16-6-4-3-5-15(16)19-17(20)11-14-7-9-18-10-8-14;/h3-6,13-14,18H,7-12H2,1-2H3,(H,19,20);1H. The van der Waals surface area contributed by atoms with Crippen LogP contribution in [-0.2, 0) is 4.79 Å². The van der Waals surface area contributed by atoms with Gasteiger partial charge < -0.3 is 15.4 Å². The number of amides is 1. The van der Waals surface area contributed by atoms with E-state index in [1.807, 2.05) is 24.3 Å². The second-order valence-electron chi connectivity index (χ2n) is 6.15. The number of carbonyl (C=O) groups is 1. The number of rotatable bonds is 6. The number of hydrogen-bond acceptors (Lipinski definition) is 3. The maximum absolute atomic E-state index is 12.2. The minimum absolute atomic E-state index is 0. The van der Waals surface area contributed by atoms with E-state index in [1.165, 1.54) is 0 Å². The largest absolute Gasteiger partial charge is 0.491 e. The summed E-state index contributed by atoms with van der Waals surface area (Å²) in [6.45, 7) is 6.91. The Hall–Kier alpha value is -1.26. The van der Waals surface area contributed by atoms with Gasteiger partial charge in [-0.2, -0.15) is 0 Å².